The van der Waals surface area contributed by atoms with Crippen LogP contribution in [-0.2, 0) is 19.7 Å². The van der Waals surface area contributed by atoms with Crippen molar-refractivity contribution in [2.45, 2.75) is 9.79 Å². The fraction of sp³-hybridized carbons (Fsp3) is 0.0526. The van der Waals surface area contributed by atoms with E-state index in [4.69, 9.17) is 0 Å². The molecule has 0 saturated heterocycles. The van der Waals surface area contributed by atoms with E-state index >= 15 is 0 Å². The average molecular weight is 746 g/mol. The molecule has 0 saturated carbocycles. The lowest BCUT2D eigenvalue weighted by molar-refractivity contribution is 0.587. The minimum atomic E-state index is -4.64. The van der Waals surface area contributed by atoms with E-state index < -0.39 is 45.7 Å². The molecule has 0 radical (unpaired) electrons. The van der Waals surface area contributed by atoms with Gasteiger partial charge in [-0.25, -0.2) is 16.8 Å². The quantitative estimate of drug-likeness (QED) is 0.313. The van der Waals surface area contributed by atoms with Crippen LogP contribution in [0.1, 0.15) is 0 Å². The zero-order chi connectivity index (χ0) is 24.3. The number of hydrogen-bond acceptors (Lipinski definition) is 6. The SMILES string of the molecule is O=c1[nH]c2cc(Br)cc(Br)c2cc1S(=O)(=O)CS(=O)(=O)c1cc2c(Br)cc(Br)cc2[nH]c1=O. The van der Waals surface area contributed by atoms with Gasteiger partial charge in [-0.15, -0.1) is 0 Å². The van der Waals surface area contributed by atoms with Gasteiger partial charge in [-0.3, -0.25) is 9.59 Å². The zero-order valence-electron chi connectivity index (χ0n) is 15.9. The van der Waals surface area contributed by atoms with E-state index in [1.54, 1.807) is 24.3 Å². The first-order valence-electron chi connectivity index (χ1n) is 8.78. The Balaban J connectivity index is 1.85. The molecule has 172 valence electrons. The van der Waals surface area contributed by atoms with Crippen LogP contribution in [0.25, 0.3) is 21.8 Å². The third-order valence-corrected chi connectivity index (χ3v) is 11.3. The van der Waals surface area contributed by atoms with Gasteiger partial charge in [0.25, 0.3) is 11.1 Å². The number of aromatic nitrogens is 2. The Morgan fingerprint density at radius 3 is 1.33 bits per heavy atom. The standard InChI is InChI=1S/C19H10Br4N2O6S2/c20-8-1-12(22)10-5-16(18(26)24-14(10)3-8)32(28,29)7-33(30,31)17-6-11-13(23)2-9(21)4-15(11)25-19(17)27/h1-6H,7H2,(H,24,26)(H,25,27). The number of H-pyrrole nitrogens is 2. The third-order valence-electron chi connectivity index (χ3n) is 4.66. The zero-order valence-corrected chi connectivity index (χ0v) is 23.9. The van der Waals surface area contributed by atoms with Gasteiger partial charge in [-0.1, -0.05) is 63.7 Å². The molecule has 2 heterocycles. The highest BCUT2D eigenvalue weighted by Crippen LogP contribution is 2.30. The summed E-state index contributed by atoms with van der Waals surface area (Å²) in [5, 5.41) is -0.718. The van der Waals surface area contributed by atoms with Crippen LogP contribution < -0.4 is 11.1 Å². The Morgan fingerprint density at radius 2 is 0.970 bits per heavy atom. The number of hydrogen-bond donors (Lipinski definition) is 2. The van der Waals surface area contributed by atoms with Crippen LogP contribution in [0.15, 0.2) is 73.7 Å². The van der Waals surface area contributed by atoms with Crippen molar-refractivity contribution < 1.29 is 16.8 Å². The first-order valence-corrected chi connectivity index (χ1v) is 15.3. The lowest BCUT2D eigenvalue weighted by Gasteiger charge is -2.09. The molecule has 0 aliphatic heterocycles. The van der Waals surface area contributed by atoms with Crippen molar-refractivity contribution in [3.8, 4) is 0 Å². The van der Waals surface area contributed by atoms with E-state index in [2.05, 4.69) is 73.7 Å². The van der Waals surface area contributed by atoms with E-state index in [0.29, 0.717) is 39.7 Å². The highest BCUT2D eigenvalue weighted by molar-refractivity contribution is 9.11. The number of halogens is 4. The molecule has 0 fully saturated rings. The van der Waals surface area contributed by atoms with Crippen LogP contribution in [0.5, 0.6) is 0 Å². The Kier molecular flexibility index (Phi) is 6.55. The smallest absolute Gasteiger partial charge is 0.267 e. The van der Waals surface area contributed by atoms with Crippen molar-refractivity contribution in [2.75, 3.05) is 5.08 Å². The molecule has 14 heteroatoms. The van der Waals surface area contributed by atoms with Gasteiger partial charge in [0.1, 0.15) is 9.79 Å². The second kappa shape index (κ2) is 8.72. The molecule has 8 nitrogen and oxygen atoms in total. The summed E-state index contributed by atoms with van der Waals surface area (Å²) < 4.78 is 54.3. The Labute approximate surface area is 220 Å². The molecule has 33 heavy (non-hydrogen) atoms. The molecule has 0 atom stereocenters. The molecule has 0 unspecified atom stereocenters. The normalized spacial score (nSPS) is 12.5. The van der Waals surface area contributed by atoms with Crippen molar-refractivity contribution in [1.29, 1.82) is 0 Å². The molecule has 0 aliphatic carbocycles. The van der Waals surface area contributed by atoms with Crippen LogP contribution >= 0.6 is 63.7 Å². The molecule has 4 aromatic rings. The number of benzene rings is 2. The summed E-state index contributed by atoms with van der Waals surface area (Å²) in [6, 6.07) is 8.68. The lowest BCUT2D eigenvalue weighted by Crippen LogP contribution is -2.27. The van der Waals surface area contributed by atoms with Gasteiger partial charge < -0.3 is 9.97 Å². The van der Waals surface area contributed by atoms with Crippen LogP contribution in [0.3, 0.4) is 0 Å². The maximum Gasteiger partial charge on any atom is 0.267 e. The van der Waals surface area contributed by atoms with Crippen LogP contribution in [0.4, 0.5) is 0 Å². The highest BCUT2D eigenvalue weighted by Gasteiger charge is 2.31. The van der Waals surface area contributed by atoms with Crippen molar-refractivity contribution in [2.24, 2.45) is 0 Å². The van der Waals surface area contributed by atoms with E-state index in [1.165, 1.54) is 0 Å². The first-order chi connectivity index (χ1) is 15.3. The summed E-state index contributed by atoms with van der Waals surface area (Å²) in [6.45, 7) is 0. The fourth-order valence-corrected chi connectivity index (χ4v) is 9.82. The number of rotatable bonds is 4. The van der Waals surface area contributed by atoms with Gasteiger partial charge in [0, 0.05) is 28.7 Å². The van der Waals surface area contributed by atoms with Crippen LogP contribution in [-0.4, -0.2) is 31.9 Å². The average Bonchev–Trinajstić information content (AvgIpc) is 2.65. The van der Waals surface area contributed by atoms with Crippen LogP contribution in [0, 0.1) is 0 Å². The second-order valence-electron chi connectivity index (χ2n) is 6.97. The maximum absolute atomic E-state index is 13.0. The summed E-state index contributed by atoms with van der Waals surface area (Å²) in [6.07, 6.45) is 0. The highest BCUT2D eigenvalue weighted by atomic mass is 79.9. The van der Waals surface area contributed by atoms with Gasteiger partial charge in [-0.05, 0) is 36.4 Å². The Bertz CT molecular complexity index is 1680. The van der Waals surface area contributed by atoms with Crippen molar-refractivity contribution >= 4 is 105 Å². The number of aromatic amines is 2. The summed E-state index contributed by atoms with van der Waals surface area (Å²) >= 11 is 13.1. The first kappa shape index (κ1) is 24.8. The number of sulfone groups is 2. The summed E-state index contributed by atoms with van der Waals surface area (Å²) in [4.78, 5) is 28.5. The predicted octanol–water partition coefficient (Wildman–Crippen LogP) is 4.62. The molecule has 2 aromatic heterocycles. The fourth-order valence-electron chi connectivity index (χ4n) is 3.22. The predicted molar refractivity (Wildman–Crippen MR) is 139 cm³/mol. The van der Waals surface area contributed by atoms with Gasteiger partial charge in [0.2, 0.25) is 0 Å². The minimum absolute atomic E-state index is 0.352. The largest absolute Gasteiger partial charge is 0.321 e. The summed E-state index contributed by atoms with van der Waals surface area (Å²) in [5.74, 6) is 0. The van der Waals surface area contributed by atoms with E-state index in [9.17, 15) is 26.4 Å². The summed E-state index contributed by atoms with van der Waals surface area (Å²) in [7, 11) is -9.28. The molecule has 0 amide bonds. The van der Waals surface area contributed by atoms with E-state index in [-0.39, 0.29) is 0 Å². The molecule has 2 aromatic carbocycles. The van der Waals surface area contributed by atoms with Crippen molar-refractivity contribution in [3.63, 3.8) is 0 Å². The minimum Gasteiger partial charge on any atom is -0.321 e. The van der Waals surface area contributed by atoms with Gasteiger partial charge in [-0.2, -0.15) is 0 Å². The number of fused-ring (bicyclic) bond motifs is 2. The second-order valence-corrected chi connectivity index (χ2v) is 14.8. The summed E-state index contributed by atoms with van der Waals surface area (Å²) in [5.41, 5.74) is -1.24. The molecular weight excluding hydrogens is 736 g/mol. The lowest BCUT2D eigenvalue weighted by atomic mass is 10.2. The van der Waals surface area contributed by atoms with Gasteiger partial charge >= 0.3 is 0 Å². The Morgan fingerprint density at radius 1 is 0.606 bits per heavy atom. The molecular formula is C19H10Br4N2O6S2. The van der Waals surface area contributed by atoms with Crippen molar-refractivity contribution in [3.05, 3.63) is 75.0 Å². The number of pyridine rings is 2. The molecule has 4 rings (SSSR count). The van der Waals surface area contributed by atoms with Crippen molar-refractivity contribution in [1.82, 2.24) is 9.97 Å². The number of nitrogens with one attached hydrogen (secondary N) is 2. The maximum atomic E-state index is 13.0. The van der Waals surface area contributed by atoms with Gasteiger partial charge in [0.05, 0.1) is 11.0 Å². The molecule has 0 aliphatic rings. The molecule has 0 bridgehead atoms. The third kappa shape index (κ3) is 4.78. The monoisotopic (exact) mass is 742 g/mol. The molecule has 2 N–H and O–H groups in total. The topological polar surface area (TPSA) is 134 Å². The molecule has 0 spiro atoms. The van der Waals surface area contributed by atoms with Gasteiger partial charge in [0.15, 0.2) is 24.8 Å². The van der Waals surface area contributed by atoms with E-state index in [0.717, 1.165) is 12.1 Å². The van der Waals surface area contributed by atoms with Crippen LogP contribution in [0.2, 0.25) is 0 Å². The Hall–Kier alpha value is -1.32. The van der Waals surface area contributed by atoms with E-state index in [1.807, 2.05) is 0 Å².